The first kappa shape index (κ1) is 23.7. The molecule has 0 aromatic heterocycles. The molecule has 0 saturated heterocycles. The highest BCUT2D eigenvalue weighted by atomic mass is 19.4. The summed E-state index contributed by atoms with van der Waals surface area (Å²) in [6, 6.07) is 0. The summed E-state index contributed by atoms with van der Waals surface area (Å²) < 4.78 is 144. The van der Waals surface area contributed by atoms with Crippen LogP contribution in [0.1, 0.15) is 38.5 Å². The van der Waals surface area contributed by atoms with Crippen molar-refractivity contribution in [3.05, 3.63) is 0 Å². The molecule has 0 radical (unpaired) electrons. The molecule has 0 aromatic rings. The number of hydrogen-bond acceptors (Lipinski definition) is 2. The topological polar surface area (TPSA) is 26.3 Å². The average Bonchev–Trinajstić information content (AvgIpc) is 2.54. The molecule has 0 N–H and O–H groups in total. The Morgan fingerprint density at radius 2 is 1.22 bits per heavy atom. The molecule has 1 rings (SSSR count). The van der Waals surface area contributed by atoms with Gasteiger partial charge in [0, 0.05) is 0 Å². The second-order valence-corrected chi connectivity index (χ2v) is 6.22. The molecule has 27 heavy (non-hydrogen) atoms. The van der Waals surface area contributed by atoms with Crippen LogP contribution < -0.4 is 0 Å². The fourth-order valence-electron chi connectivity index (χ4n) is 2.59. The minimum Gasteiger partial charge on any atom is -0.461 e. The van der Waals surface area contributed by atoms with E-state index in [1.807, 2.05) is 0 Å². The van der Waals surface area contributed by atoms with Gasteiger partial charge in [-0.05, 0) is 12.3 Å². The van der Waals surface area contributed by atoms with E-state index < -0.39 is 42.4 Å². The Morgan fingerprint density at radius 3 is 1.67 bits per heavy atom. The molecule has 0 aromatic carbocycles. The molecule has 0 atom stereocenters. The predicted molar refractivity (Wildman–Crippen MR) is 68.0 cm³/mol. The van der Waals surface area contributed by atoms with Crippen LogP contribution in [0.25, 0.3) is 0 Å². The summed E-state index contributed by atoms with van der Waals surface area (Å²) >= 11 is 0. The first-order valence-corrected chi connectivity index (χ1v) is 7.75. The lowest BCUT2D eigenvalue weighted by molar-refractivity contribution is -0.418. The normalized spacial score (nSPS) is 18.5. The van der Waals surface area contributed by atoms with Crippen LogP contribution >= 0.6 is 0 Å². The van der Waals surface area contributed by atoms with E-state index in [0.717, 1.165) is 19.3 Å². The molecular formula is C14H15F11O2. The molecule has 0 bridgehead atoms. The van der Waals surface area contributed by atoms with E-state index in [-0.39, 0.29) is 12.3 Å². The first-order chi connectivity index (χ1) is 12.0. The number of ether oxygens (including phenoxy) is 1. The van der Waals surface area contributed by atoms with Crippen molar-refractivity contribution in [2.24, 2.45) is 5.92 Å². The largest absolute Gasteiger partial charge is 0.461 e. The Hall–Kier alpha value is -1.30. The van der Waals surface area contributed by atoms with Gasteiger partial charge in [0.15, 0.2) is 0 Å². The lowest BCUT2D eigenvalue weighted by Crippen LogP contribution is -2.68. The van der Waals surface area contributed by atoms with E-state index >= 15 is 0 Å². The summed E-state index contributed by atoms with van der Waals surface area (Å²) in [5.74, 6) is -32.5. The molecule has 13 heteroatoms. The summed E-state index contributed by atoms with van der Waals surface area (Å²) in [6.07, 6.45) is -3.61. The molecule has 1 saturated carbocycles. The summed E-state index contributed by atoms with van der Waals surface area (Å²) in [4.78, 5) is 11.1. The smallest absolute Gasteiger partial charge is 0.460 e. The fourth-order valence-corrected chi connectivity index (χ4v) is 2.59. The Kier molecular flexibility index (Phi) is 6.69. The minimum atomic E-state index is -7.61. The Balaban J connectivity index is 2.89. The zero-order chi connectivity index (χ0) is 21.3. The zero-order valence-corrected chi connectivity index (χ0v) is 13.5. The van der Waals surface area contributed by atoms with Crippen LogP contribution in [0.15, 0.2) is 0 Å². The molecule has 0 heterocycles. The number of carbonyl (C=O) groups excluding carboxylic acids is 1. The van der Waals surface area contributed by atoms with Crippen LogP contribution in [-0.4, -0.2) is 42.4 Å². The minimum absolute atomic E-state index is 0.0670. The van der Waals surface area contributed by atoms with E-state index in [1.165, 1.54) is 0 Å². The SMILES string of the molecule is O=C(OCCC1CCCCC1)C(F)(F)C(F)(F)C(F)(F)C(F)(F)C(F)(F)F. The van der Waals surface area contributed by atoms with Gasteiger partial charge in [-0.25, -0.2) is 4.79 Å². The second kappa shape index (κ2) is 7.61. The summed E-state index contributed by atoms with van der Waals surface area (Å²) in [7, 11) is 0. The number of hydrogen-bond donors (Lipinski definition) is 0. The monoisotopic (exact) mass is 424 g/mol. The molecule has 0 spiro atoms. The molecule has 1 fully saturated rings. The van der Waals surface area contributed by atoms with Gasteiger partial charge in [0.05, 0.1) is 6.61 Å². The van der Waals surface area contributed by atoms with Crippen molar-refractivity contribution < 1.29 is 57.8 Å². The van der Waals surface area contributed by atoms with Gasteiger partial charge >= 0.3 is 35.8 Å². The molecule has 160 valence electrons. The maximum Gasteiger partial charge on any atom is 0.460 e. The molecule has 0 unspecified atom stereocenters. The number of alkyl halides is 11. The van der Waals surface area contributed by atoms with Gasteiger partial charge in [0.2, 0.25) is 0 Å². The van der Waals surface area contributed by atoms with Crippen LogP contribution in [0.4, 0.5) is 48.3 Å². The fraction of sp³-hybridized carbons (Fsp3) is 0.929. The van der Waals surface area contributed by atoms with Gasteiger partial charge in [0.1, 0.15) is 0 Å². The van der Waals surface area contributed by atoms with E-state index in [1.54, 1.807) is 0 Å². The third-order valence-corrected chi connectivity index (χ3v) is 4.28. The Morgan fingerprint density at radius 1 is 0.741 bits per heavy atom. The quantitative estimate of drug-likeness (QED) is 0.393. The summed E-state index contributed by atoms with van der Waals surface area (Å²) in [5.41, 5.74) is 0. The van der Waals surface area contributed by atoms with Gasteiger partial charge in [-0.2, -0.15) is 48.3 Å². The van der Waals surface area contributed by atoms with Crippen molar-refractivity contribution in [1.29, 1.82) is 0 Å². The zero-order valence-electron chi connectivity index (χ0n) is 13.5. The van der Waals surface area contributed by atoms with E-state index in [0.29, 0.717) is 12.8 Å². The van der Waals surface area contributed by atoms with Crippen LogP contribution in [0.5, 0.6) is 0 Å². The highest BCUT2D eigenvalue weighted by Gasteiger charge is 2.88. The van der Waals surface area contributed by atoms with Crippen molar-refractivity contribution in [3.63, 3.8) is 0 Å². The van der Waals surface area contributed by atoms with Crippen molar-refractivity contribution in [2.45, 2.75) is 68.4 Å². The highest BCUT2D eigenvalue weighted by Crippen LogP contribution is 2.57. The van der Waals surface area contributed by atoms with Crippen molar-refractivity contribution in [2.75, 3.05) is 6.61 Å². The average molecular weight is 424 g/mol. The van der Waals surface area contributed by atoms with Crippen molar-refractivity contribution in [1.82, 2.24) is 0 Å². The van der Waals surface area contributed by atoms with Crippen LogP contribution in [0.2, 0.25) is 0 Å². The van der Waals surface area contributed by atoms with E-state index in [4.69, 9.17) is 0 Å². The third kappa shape index (κ3) is 4.25. The first-order valence-electron chi connectivity index (χ1n) is 7.75. The van der Waals surface area contributed by atoms with Gasteiger partial charge in [-0.15, -0.1) is 0 Å². The number of esters is 1. The molecule has 1 aliphatic carbocycles. The van der Waals surface area contributed by atoms with E-state index in [2.05, 4.69) is 4.74 Å². The van der Waals surface area contributed by atoms with Gasteiger partial charge in [-0.1, -0.05) is 32.1 Å². The van der Waals surface area contributed by atoms with Gasteiger partial charge in [-0.3, -0.25) is 0 Å². The predicted octanol–water partition coefficient (Wildman–Crippen LogP) is 5.60. The molecular weight excluding hydrogens is 409 g/mol. The van der Waals surface area contributed by atoms with Gasteiger partial charge < -0.3 is 4.74 Å². The summed E-state index contributed by atoms with van der Waals surface area (Å²) in [6.45, 7) is -0.892. The number of rotatable bonds is 7. The van der Waals surface area contributed by atoms with Gasteiger partial charge in [0.25, 0.3) is 0 Å². The number of carbonyl (C=O) groups is 1. The van der Waals surface area contributed by atoms with Crippen LogP contribution in [0, 0.1) is 5.92 Å². The molecule has 1 aliphatic rings. The lowest BCUT2D eigenvalue weighted by Gasteiger charge is -2.36. The highest BCUT2D eigenvalue weighted by molar-refractivity contribution is 5.79. The third-order valence-electron chi connectivity index (χ3n) is 4.28. The molecule has 0 amide bonds. The van der Waals surface area contributed by atoms with Crippen molar-refractivity contribution in [3.8, 4) is 0 Å². The van der Waals surface area contributed by atoms with Crippen LogP contribution in [-0.2, 0) is 9.53 Å². The van der Waals surface area contributed by atoms with Crippen molar-refractivity contribution >= 4 is 5.97 Å². The maximum atomic E-state index is 13.4. The second-order valence-electron chi connectivity index (χ2n) is 6.22. The standard InChI is InChI=1S/C14H15F11O2/c15-10(16,9(26)27-7-6-8-4-2-1-3-5-8)11(17,18)12(19,20)13(21,22)14(23,24)25/h8H,1-7H2. The molecule has 2 nitrogen and oxygen atoms in total. The number of halogens is 11. The van der Waals surface area contributed by atoms with E-state index in [9.17, 15) is 53.1 Å². The Labute approximate surface area is 146 Å². The van der Waals surface area contributed by atoms with Crippen LogP contribution in [0.3, 0.4) is 0 Å². The molecule has 0 aliphatic heterocycles. The Bertz CT molecular complexity index is 522. The summed E-state index contributed by atoms with van der Waals surface area (Å²) in [5, 5.41) is 0. The maximum absolute atomic E-state index is 13.4. The lowest BCUT2D eigenvalue weighted by atomic mass is 9.87.